The highest BCUT2D eigenvalue weighted by atomic mass is 16.5. The molecule has 0 amide bonds. The van der Waals surface area contributed by atoms with Crippen molar-refractivity contribution in [2.24, 2.45) is 5.73 Å². The first-order chi connectivity index (χ1) is 7.82. The van der Waals surface area contributed by atoms with Crippen LogP contribution in [-0.4, -0.2) is 43.3 Å². The molecule has 0 aromatic rings. The third-order valence-electron chi connectivity index (χ3n) is 4.30. The lowest BCUT2D eigenvalue weighted by atomic mass is 9.80. The second kappa shape index (κ2) is 5.48. The highest BCUT2D eigenvalue weighted by molar-refractivity contribution is 5.00. The Labute approximate surface area is 99.3 Å². The van der Waals surface area contributed by atoms with Gasteiger partial charge >= 0.3 is 0 Å². The van der Waals surface area contributed by atoms with E-state index in [2.05, 4.69) is 4.90 Å². The van der Waals surface area contributed by atoms with Crippen LogP contribution in [0.2, 0.25) is 0 Å². The first-order valence-electron chi connectivity index (χ1n) is 6.78. The molecule has 0 aromatic carbocycles. The Hall–Kier alpha value is -0.120. The van der Waals surface area contributed by atoms with Crippen LogP contribution in [0.3, 0.4) is 0 Å². The summed E-state index contributed by atoms with van der Waals surface area (Å²) in [7, 11) is 1.79. The van der Waals surface area contributed by atoms with Crippen molar-refractivity contribution < 1.29 is 4.74 Å². The van der Waals surface area contributed by atoms with Crippen LogP contribution in [0.5, 0.6) is 0 Å². The molecule has 3 nitrogen and oxygen atoms in total. The Kier molecular flexibility index (Phi) is 4.22. The monoisotopic (exact) mass is 226 g/mol. The topological polar surface area (TPSA) is 38.5 Å². The minimum atomic E-state index is 0.304. The van der Waals surface area contributed by atoms with Crippen LogP contribution in [0.25, 0.3) is 0 Å². The third kappa shape index (κ3) is 2.58. The van der Waals surface area contributed by atoms with E-state index in [-0.39, 0.29) is 0 Å². The van der Waals surface area contributed by atoms with Gasteiger partial charge < -0.3 is 10.5 Å². The molecule has 3 heteroatoms. The average Bonchev–Trinajstić information content (AvgIpc) is 3.15. The molecule has 2 saturated carbocycles. The molecule has 0 radical (unpaired) electrons. The van der Waals surface area contributed by atoms with Gasteiger partial charge in [0.2, 0.25) is 0 Å². The molecule has 0 bridgehead atoms. The van der Waals surface area contributed by atoms with Crippen LogP contribution in [0.15, 0.2) is 0 Å². The molecule has 0 heterocycles. The Morgan fingerprint density at radius 3 is 2.44 bits per heavy atom. The van der Waals surface area contributed by atoms with Crippen LogP contribution in [0, 0.1) is 0 Å². The van der Waals surface area contributed by atoms with Gasteiger partial charge in [0.25, 0.3) is 0 Å². The molecule has 2 aliphatic carbocycles. The predicted octanol–water partition coefficient (Wildman–Crippen LogP) is 1.76. The van der Waals surface area contributed by atoms with Crippen molar-refractivity contribution in [3.8, 4) is 0 Å². The summed E-state index contributed by atoms with van der Waals surface area (Å²) in [4.78, 5) is 2.68. The van der Waals surface area contributed by atoms with Crippen LogP contribution < -0.4 is 5.73 Å². The average molecular weight is 226 g/mol. The van der Waals surface area contributed by atoms with E-state index in [1.165, 1.54) is 44.9 Å². The zero-order valence-electron chi connectivity index (χ0n) is 10.6. The van der Waals surface area contributed by atoms with Gasteiger partial charge in [-0.15, -0.1) is 0 Å². The first kappa shape index (κ1) is 12.3. The summed E-state index contributed by atoms with van der Waals surface area (Å²) in [5, 5.41) is 0. The van der Waals surface area contributed by atoms with Gasteiger partial charge in [0.1, 0.15) is 0 Å². The highest BCUT2D eigenvalue weighted by Crippen LogP contribution is 2.40. The molecule has 0 aromatic heterocycles. The molecule has 0 spiro atoms. The van der Waals surface area contributed by atoms with E-state index >= 15 is 0 Å². The van der Waals surface area contributed by atoms with Gasteiger partial charge in [-0.05, 0) is 25.7 Å². The van der Waals surface area contributed by atoms with Gasteiger partial charge in [-0.1, -0.05) is 19.3 Å². The zero-order valence-corrected chi connectivity index (χ0v) is 10.6. The highest BCUT2D eigenvalue weighted by Gasteiger charge is 2.43. The summed E-state index contributed by atoms with van der Waals surface area (Å²) >= 11 is 0. The normalized spacial score (nSPS) is 24.9. The maximum absolute atomic E-state index is 6.09. The molecular formula is C13H26N2O. The van der Waals surface area contributed by atoms with Gasteiger partial charge in [0.15, 0.2) is 0 Å². The predicted molar refractivity (Wildman–Crippen MR) is 66.5 cm³/mol. The smallest absolute Gasteiger partial charge is 0.0590 e. The minimum Gasteiger partial charge on any atom is -0.383 e. The summed E-state index contributed by atoms with van der Waals surface area (Å²) in [6.45, 7) is 2.74. The molecule has 2 aliphatic rings. The fourth-order valence-corrected chi connectivity index (χ4v) is 3.20. The van der Waals surface area contributed by atoms with Crippen molar-refractivity contribution in [1.82, 2.24) is 4.90 Å². The van der Waals surface area contributed by atoms with Gasteiger partial charge in [-0.3, -0.25) is 4.90 Å². The molecule has 16 heavy (non-hydrogen) atoms. The van der Waals surface area contributed by atoms with Crippen molar-refractivity contribution in [1.29, 1.82) is 0 Å². The van der Waals surface area contributed by atoms with Gasteiger partial charge in [-0.2, -0.15) is 0 Å². The van der Waals surface area contributed by atoms with Crippen molar-refractivity contribution in [3.63, 3.8) is 0 Å². The van der Waals surface area contributed by atoms with E-state index in [0.717, 1.165) is 25.7 Å². The Morgan fingerprint density at radius 1 is 1.25 bits per heavy atom. The van der Waals surface area contributed by atoms with Crippen molar-refractivity contribution in [2.45, 2.75) is 56.5 Å². The van der Waals surface area contributed by atoms with Crippen molar-refractivity contribution >= 4 is 0 Å². The Balaban J connectivity index is 2.01. The summed E-state index contributed by atoms with van der Waals surface area (Å²) < 4.78 is 5.25. The SMILES string of the molecule is COCCN(C1CC1)C1(CN)CCCCC1. The van der Waals surface area contributed by atoms with E-state index in [1.54, 1.807) is 7.11 Å². The third-order valence-corrected chi connectivity index (χ3v) is 4.30. The lowest BCUT2D eigenvalue weighted by Crippen LogP contribution is -2.56. The van der Waals surface area contributed by atoms with E-state index in [4.69, 9.17) is 10.5 Å². The van der Waals surface area contributed by atoms with Crippen molar-refractivity contribution in [2.75, 3.05) is 26.8 Å². The van der Waals surface area contributed by atoms with Gasteiger partial charge in [0.05, 0.1) is 6.61 Å². The summed E-state index contributed by atoms with van der Waals surface area (Å²) in [5.41, 5.74) is 6.40. The molecule has 0 atom stereocenters. The number of hydrogen-bond acceptors (Lipinski definition) is 3. The maximum atomic E-state index is 6.09. The number of rotatable bonds is 6. The first-order valence-corrected chi connectivity index (χ1v) is 6.78. The molecule has 2 fully saturated rings. The lowest BCUT2D eigenvalue weighted by Gasteiger charge is -2.46. The fourth-order valence-electron chi connectivity index (χ4n) is 3.20. The lowest BCUT2D eigenvalue weighted by molar-refractivity contribution is 0.0266. The molecule has 2 N–H and O–H groups in total. The molecule has 94 valence electrons. The fraction of sp³-hybridized carbons (Fsp3) is 1.00. The number of ether oxygens (including phenoxy) is 1. The maximum Gasteiger partial charge on any atom is 0.0590 e. The van der Waals surface area contributed by atoms with E-state index in [1.807, 2.05) is 0 Å². The molecule has 0 unspecified atom stereocenters. The number of nitrogens with two attached hydrogens (primary N) is 1. The summed E-state index contributed by atoms with van der Waals surface area (Å²) in [6.07, 6.45) is 9.43. The molecular weight excluding hydrogens is 200 g/mol. The number of hydrogen-bond donors (Lipinski definition) is 1. The molecule has 0 aliphatic heterocycles. The number of methoxy groups -OCH3 is 1. The van der Waals surface area contributed by atoms with Crippen LogP contribution in [0.4, 0.5) is 0 Å². The standard InChI is InChI=1S/C13H26N2O/c1-16-10-9-15(12-5-6-12)13(11-14)7-3-2-4-8-13/h12H,2-11,14H2,1H3. The molecule has 0 saturated heterocycles. The van der Waals surface area contributed by atoms with Crippen LogP contribution in [-0.2, 0) is 4.74 Å². The van der Waals surface area contributed by atoms with Gasteiger partial charge in [-0.25, -0.2) is 0 Å². The molecule has 2 rings (SSSR count). The van der Waals surface area contributed by atoms with E-state index in [0.29, 0.717) is 5.54 Å². The largest absolute Gasteiger partial charge is 0.383 e. The second-order valence-corrected chi connectivity index (χ2v) is 5.41. The Morgan fingerprint density at radius 2 is 1.94 bits per heavy atom. The van der Waals surface area contributed by atoms with Crippen LogP contribution >= 0.6 is 0 Å². The van der Waals surface area contributed by atoms with Gasteiger partial charge in [0, 0.05) is 31.8 Å². The van der Waals surface area contributed by atoms with Crippen LogP contribution in [0.1, 0.15) is 44.9 Å². The zero-order chi connectivity index (χ0) is 11.4. The second-order valence-electron chi connectivity index (χ2n) is 5.41. The minimum absolute atomic E-state index is 0.304. The van der Waals surface area contributed by atoms with Crippen molar-refractivity contribution in [3.05, 3.63) is 0 Å². The van der Waals surface area contributed by atoms with E-state index < -0.39 is 0 Å². The Bertz CT molecular complexity index is 210. The van der Waals surface area contributed by atoms with E-state index in [9.17, 15) is 0 Å². The summed E-state index contributed by atoms with van der Waals surface area (Å²) in [6, 6.07) is 0.803. The quantitative estimate of drug-likeness (QED) is 0.750. The summed E-state index contributed by atoms with van der Waals surface area (Å²) in [5.74, 6) is 0. The number of nitrogens with zero attached hydrogens (tertiary/aromatic N) is 1.